The van der Waals surface area contributed by atoms with E-state index >= 15 is 0 Å². The van der Waals surface area contributed by atoms with Gasteiger partial charge in [0.05, 0.1) is 12.6 Å². The number of nitrogens with one attached hydrogen (secondary N) is 1. The van der Waals surface area contributed by atoms with E-state index in [1.807, 2.05) is 0 Å². The number of morpholine rings is 1. The summed E-state index contributed by atoms with van der Waals surface area (Å²) in [7, 11) is 0. The molecule has 7 heteroatoms. The molecule has 0 saturated carbocycles. The van der Waals surface area contributed by atoms with Crippen LogP contribution in [0.4, 0.5) is 5.69 Å². The molecule has 0 aromatic heterocycles. The fraction of sp³-hybridized carbons (Fsp3) is 0.500. The first-order valence-corrected chi connectivity index (χ1v) is 8.08. The lowest BCUT2D eigenvalue weighted by Gasteiger charge is -2.33. The maximum absolute atomic E-state index is 12.0. The number of carbonyl (C=O) groups excluding carboxylic acids is 2. The van der Waals surface area contributed by atoms with Crippen LogP contribution in [0.3, 0.4) is 0 Å². The van der Waals surface area contributed by atoms with Crippen molar-refractivity contribution in [2.45, 2.75) is 25.0 Å². The normalized spacial score (nSPS) is 24.7. The van der Waals surface area contributed by atoms with Crippen LogP contribution >= 0.6 is 11.6 Å². The van der Waals surface area contributed by atoms with Crippen molar-refractivity contribution in [3.05, 3.63) is 29.3 Å². The Morgan fingerprint density at radius 1 is 1.30 bits per heavy atom. The van der Waals surface area contributed by atoms with Crippen LogP contribution in [0.15, 0.2) is 24.3 Å². The number of halogens is 1. The third kappa shape index (κ3) is 4.02. The van der Waals surface area contributed by atoms with Crippen molar-refractivity contribution in [1.82, 2.24) is 5.32 Å². The molecule has 2 amide bonds. The summed E-state index contributed by atoms with van der Waals surface area (Å²) in [5.41, 5.74) is 0.776. The van der Waals surface area contributed by atoms with E-state index in [1.54, 1.807) is 29.2 Å². The second-order valence-corrected chi connectivity index (χ2v) is 6.10. The van der Waals surface area contributed by atoms with Gasteiger partial charge in [0.25, 0.3) is 5.91 Å². The molecule has 2 fully saturated rings. The molecule has 2 unspecified atom stereocenters. The molecule has 0 aliphatic carbocycles. The Balaban J connectivity index is 1.56. The topological polar surface area (TPSA) is 67.9 Å². The van der Waals surface area contributed by atoms with E-state index in [0.29, 0.717) is 24.7 Å². The van der Waals surface area contributed by atoms with Gasteiger partial charge in [-0.05, 0) is 37.1 Å². The maximum Gasteiger partial charge on any atom is 0.253 e. The maximum atomic E-state index is 12.0. The molecule has 1 aromatic carbocycles. The standard InChI is InChI=1S/C16H19ClN2O4/c17-11-3-5-12(6-4-11)19-9-13(23-10-15(19)20)8-18-16(21)14-2-1-7-22-14/h3-6,13-14H,1-2,7-10H2,(H,18,21). The van der Waals surface area contributed by atoms with Crippen LogP contribution in [-0.4, -0.2) is 50.3 Å². The van der Waals surface area contributed by atoms with Crippen LogP contribution in [0.1, 0.15) is 12.8 Å². The monoisotopic (exact) mass is 338 g/mol. The Hall–Kier alpha value is -1.63. The summed E-state index contributed by atoms with van der Waals surface area (Å²) in [5.74, 6) is -0.213. The zero-order valence-electron chi connectivity index (χ0n) is 12.7. The summed E-state index contributed by atoms with van der Waals surface area (Å²) in [4.78, 5) is 25.6. The Morgan fingerprint density at radius 2 is 2.09 bits per heavy atom. The van der Waals surface area contributed by atoms with Crippen LogP contribution < -0.4 is 10.2 Å². The fourth-order valence-corrected chi connectivity index (χ4v) is 2.86. The molecule has 2 saturated heterocycles. The van der Waals surface area contributed by atoms with Gasteiger partial charge in [0, 0.05) is 23.9 Å². The molecule has 23 heavy (non-hydrogen) atoms. The number of rotatable bonds is 4. The highest BCUT2D eigenvalue weighted by Crippen LogP contribution is 2.21. The summed E-state index contributed by atoms with van der Waals surface area (Å²) >= 11 is 5.87. The molecule has 0 bridgehead atoms. The van der Waals surface area contributed by atoms with Gasteiger partial charge in [-0.1, -0.05) is 11.6 Å². The average Bonchev–Trinajstić information content (AvgIpc) is 3.09. The van der Waals surface area contributed by atoms with Crippen LogP contribution in [0, 0.1) is 0 Å². The first-order chi connectivity index (χ1) is 11.1. The largest absolute Gasteiger partial charge is 0.368 e. The number of carbonyl (C=O) groups is 2. The van der Waals surface area contributed by atoms with Gasteiger partial charge in [0.2, 0.25) is 5.91 Å². The van der Waals surface area contributed by atoms with Gasteiger partial charge >= 0.3 is 0 Å². The first kappa shape index (κ1) is 16.2. The van der Waals surface area contributed by atoms with Gasteiger partial charge in [-0.25, -0.2) is 0 Å². The minimum absolute atomic E-state index is 0.00307. The third-order valence-corrected chi connectivity index (χ3v) is 4.25. The number of hydrogen-bond donors (Lipinski definition) is 1. The summed E-state index contributed by atoms with van der Waals surface area (Å²) in [6.07, 6.45) is 1.07. The van der Waals surface area contributed by atoms with Gasteiger partial charge in [-0.3, -0.25) is 9.59 Å². The highest BCUT2D eigenvalue weighted by molar-refractivity contribution is 6.30. The lowest BCUT2D eigenvalue weighted by atomic mass is 10.2. The lowest BCUT2D eigenvalue weighted by Crippen LogP contribution is -2.51. The molecular formula is C16H19ClN2O4. The van der Waals surface area contributed by atoms with Gasteiger partial charge in [-0.2, -0.15) is 0 Å². The molecular weight excluding hydrogens is 320 g/mol. The van der Waals surface area contributed by atoms with Crippen LogP contribution in [0.5, 0.6) is 0 Å². The van der Waals surface area contributed by atoms with Gasteiger partial charge in [0.1, 0.15) is 12.7 Å². The van der Waals surface area contributed by atoms with Gasteiger partial charge in [0.15, 0.2) is 0 Å². The quantitative estimate of drug-likeness (QED) is 0.900. The van der Waals surface area contributed by atoms with E-state index in [2.05, 4.69) is 5.32 Å². The molecule has 1 N–H and O–H groups in total. The van der Waals surface area contributed by atoms with E-state index in [0.717, 1.165) is 18.5 Å². The van der Waals surface area contributed by atoms with Crippen molar-refractivity contribution < 1.29 is 19.1 Å². The molecule has 1 aromatic rings. The second kappa shape index (κ2) is 7.29. The van der Waals surface area contributed by atoms with E-state index in [9.17, 15) is 9.59 Å². The predicted octanol–water partition coefficient (Wildman–Crippen LogP) is 1.37. The van der Waals surface area contributed by atoms with Crippen molar-refractivity contribution in [2.24, 2.45) is 0 Å². The molecule has 2 atom stereocenters. The van der Waals surface area contributed by atoms with E-state index in [-0.39, 0.29) is 30.6 Å². The summed E-state index contributed by atoms with van der Waals surface area (Å²) in [6, 6.07) is 7.09. The summed E-state index contributed by atoms with van der Waals surface area (Å²) in [6.45, 7) is 1.39. The van der Waals surface area contributed by atoms with Crippen molar-refractivity contribution in [1.29, 1.82) is 0 Å². The Bertz CT molecular complexity index is 572. The molecule has 124 valence electrons. The number of amides is 2. The molecule has 2 aliphatic heterocycles. The number of benzene rings is 1. The molecule has 6 nitrogen and oxygen atoms in total. The highest BCUT2D eigenvalue weighted by Gasteiger charge is 2.29. The molecule has 2 aliphatic rings. The molecule has 0 radical (unpaired) electrons. The zero-order chi connectivity index (χ0) is 16.2. The number of anilines is 1. The molecule has 2 heterocycles. The smallest absolute Gasteiger partial charge is 0.253 e. The summed E-state index contributed by atoms with van der Waals surface area (Å²) in [5, 5.41) is 3.46. The van der Waals surface area contributed by atoms with Crippen LogP contribution in [0.2, 0.25) is 5.02 Å². The second-order valence-electron chi connectivity index (χ2n) is 5.66. The van der Waals surface area contributed by atoms with Crippen molar-refractivity contribution >= 4 is 29.1 Å². The Kier molecular flexibility index (Phi) is 5.15. The minimum Gasteiger partial charge on any atom is -0.368 e. The van der Waals surface area contributed by atoms with Crippen molar-refractivity contribution in [3.8, 4) is 0 Å². The van der Waals surface area contributed by atoms with E-state index in [4.69, 9.17) is 21.1 Å². The first-order valence-electron chi connectivity index (χ1n) is 7.70. The van der Waals surface area contributed by atoms with Gasteiger partial charge < -0.3 is 19.7 Å². The van der Waals surface area contributed by atoms with E-state index < -0.39 is 0 Å². The zero-order valence-corrected chi connectivity index (χ0v) is 13.4. The van der Waals surface area contributed by atoms with Crippen LogP contribution in [0.25, 0.3) is 0 Å². The van der Waals surface area contributed by atoms with Crippen molar-refractivity contribution in [2.75, 3.05) is 31.2 Å². The average molecular weight is 339 g/mol. The van der Waals surface area contributed by atoms with Crippen LogP contribution in [-0.2, 0) is 19.1 Å². The Morgan fingerprint density at radius 3 is 2.78 bits per heavy atom. The molecule has 3 rings (SSSR count). The minimum atomic E-state index is -0.354. The fourth-order valence-electron chi connectivity index (χ4n) is 2.73. The lowest BCUT2D eigenvalue weighted by molar-refractivity contribution is -0.132. The van der Waals surface area contributed by atoms with E-state index in [1.165, 1.54) is 0 Å². The number of hydrogen-bond acceptors (Lipinski definition) is 4. The van der Waals surface area contributed by atoms with Gasteiger partial charge in [-0.15, -0.1) is 0 Å². The Labute approximate surface area is 139 Å². The number of nitrogens with zero attached hydrogens (tertiary/aromatic N) is 1. The predicted molar refractivity (Wildman–Crippen MR) is 85.5 cm³/mol. The summed E-state index contributed by atoms with van der Waals surface area (Å²) < 4.78 is 10.8. The highest BCUT2D eigenvalue weighted by atomic mass is 35.5. The SMILES string of the molecule is O=C(NCC1CN(c2ccc(Cl)cc2)C(=O)CO1)C1CCCO1. The molecule has 0 spiro atoms. The van der Waals surface area contributed by atoms with Crippen molar-refractivity contribution in [3.63, 3.8) is 0 Å². The third-order valence-electron chi connectivity index (χ3n) is 3.99. The number of ether oxygens (including phenoxy) is 2.